The molecule has 3 rings (SSSR count). The molecule has 1 fully saturated rings. The number of nitrogens with zero attached hydrogens (tertiary/aromatic N) is 2. The molecule has 1 saturated carbocycles. The molecule has 0 heterocycles. The van der Waals surface area contributed by atoms with Crippen LogP contribution in [0.25, 0.3) is 0 Å². The van der Waals surface area contributed by atoms with Gasteiger partial charge in [0, 0.05) is 38.3 Å². The van der Waals surface area contributed by atoms with E-state index in [0.717, 1.165) is 18.4 Å². The molecule has 1 aliphatic rings. The van der Waals surface area contributed by atoms with E-state index in [1.807, 2.05) is 0 Å². The third-order valence-electron chi connectivity index (χ3n) is 5.41. The van der Waals surface area contributed by atoms with Gasteiger partial charge in [0.2, 0.25) is 20.0 Å². The van der Waals surface area contributed by atoms with Crippen molar-refractivity contribution in [2.24, 2.45) is 0 Å². The molecule has 1 N–H and O–H groups in total. The molecule has 0 spiro atoms. The smallest absolute Gasteiger partial charge is 0.251 e. The minimum absolute atomic E-state index is 0.0129. The Bertz CT molecular complexity index is 1150. The SMILES string of the molecule is CCN(CC)S(=O)(=O)c1ccc(S(=O)(=O)N(C)Cc2ccc(C(=O)NC3CC3)cc2)cc1. The molecular weight excluding hydrogens is 450 g/mol. The number of carbonyl (C=O) groups excluding carboxylic acids is 1. The second-order valence-electron chi connectivity index (χ2n) is 7.77. The summed E-state index contributed by atoms with van der Waals surface area (Å²) in [6.07, 6.45) is 2.02. The predicted molar refractivity (Wildman–Crippen MR) is 122 cm³/mol. The molecule has 0 unspecified atom stereocenters. The molecule has 2 aromatic rings. The number of amides is 1. The first kappa shape index (κ1) is 24.4. The summed E-state index contributed by atoms with van der Waals surface area (Å²) in [5, 5.41) is 2.91. The minimum Gasteiger partial charge on any atom is -0.349 e. The molecule has 0 aromatic heterocycles. The molecule has 0 radical (unpaired) electrons. The van der Waals surface area contributed by atoms with Crippen molar-refractivity contribution in [2.75, 3.05) is 20.1 Å². The number of sulfonamides is 2. The number of hydrogen-bond acceptors (Lipinski definition) is 5. The summed E-state index contributed by atoms with van der Waals surface area (Å²) < 4.78 is 53.6. The zero-order valence-electron chi connectivity index (χ0n) is 18.5. The van der Waals surface area contributed by atoms with Crippen LogP contribution < -0.4 is 5.32 Å². The Morgan fingerprint density at radius 1 is 0.875 bits per heavy atom. The van der Waals surface area contributed by atoms with Crippen molar-refractivity contribution in [1.29, 1.82) is 0 Å². The molecule has 0 atom stereocenters. The van der Waals surface area contributed by atoms with Crippen LogP contribution in [0.3, 0.4) is 0 Å². The lowest BCUT2D eigenvalue weighted by atomic mass is 10.1. The molecule has 2 aromatic carbocycles. The lowest BCUT2D eigenvalue weighted by Crippen LogP contribution is -2.30. The monoisotopic (exact) mass is 479 g/mol. The van der Waals surface area contributed by atoms with E-state index in [9.17, 15) is 21.6 Å². The van der Waals surface area contributed by atoms with Gasteiger partial charge in [-0.25, -0.2) is 16.8 Å². The van der Waals surface area contributed by atoms with Crippen molar-refractivity contribution in [2.45, 2.75) is 49.1 Å². The molecule has 10 heteroatoms. The van der Waals surface area contributed by atoms with E-state index >= 15 is 0 Å². The van der Waals surface area contributed by atoms with Crippen molar-refractivity contribution < 1.29 is 21.6 Å². The van der Waals surface area contributed by atoms with Crippen molar-refractivity contribution in [1.82, 2.24) is 13.9 Å². The highest BCUT2D eigenvalue weighted by molar-refractivity contribution is 7.89. The molecule has 0 bridgehead atoms. The van der Waals surface area contributed by atoms with Gasteiger partial charge in [0.1, 0.15) is 0 Å². The van der Waals surface area contributed by atoms with Gasteiger partial charge in [-0.3, -0.25) is 4.79 Å². The van der Waals surface area contributed by atoms with Gasteiger partial charge < -0.3 is 5.32 Å². The van der Waals surface area contributed by atoms with Crippen LogP contribution in [0.15, 0.2) is 58.3 Å². The van der Waals surface area contributed by atoms with E-state index in [0.29, 0.717) is 18.7 Å². The summed E-state index contributed by atoms with van der Waals surface area (Å²) in [7, 11) is -6.01. The summed E-state index contributed by atoms with van der Waals surface area (Å²) in [6, 6.07) is 12.4. The average molecular weight is 480 g/mol. The van der Waals surface area contributed by atoms with Crippen LogP contribution in [-0.2, 0) is 26.6 Å². The van der Waals surface area contributed by atoms with Gasteiger partial charge in [-0.05, 0) is 54.8 Å². The molecular formula is C22H29N3O5S2. The summed E-state index contributed by atoms with van der Waals surface area (Å²) in [6.45, 7) is 4.29. The third kappa shape index (κ3) is 5.37. The van der Waals surface area contributed by atoms with Crippen molar-refractivity contribution in [3.63, 3.8) is 0 Å². The van der Waals surface area contributed by atoms with Crippen LogP contribution in [0.2, 0.25) is 0 Å². The van der Waals surface area contributed by atoms with Crippen LogP contribution >= 0.6 is 0 Å². The fraction of sp³-hybridized carbons (Fsp3) is 0.409. The van der Waals surface area contributed by atoms with Crippen molar-refractivity contribution in [3.8, 4) is 0 Å². The van der Waals surface area contributed by atoms with E-state index in [-0.39, 0.29) is 28.3 Å². The lowest BCUT2D eigenvalue weighted by Gasteiger charge is -2.20. The van der Waals surface area contributed by atoms with Crippen LogP contribution in [0.1, 0.15) is 42.6 Å². The topological polar surface area (TPSA) is 104 Å². The standard InChI is InChI=1S/C22H29N3O5S2/c1-4-25(5-2)32(29,30)21-14-12-20(13-15-21)31(27,28)24(3)16-17-6-8-18(9-7-17)22(26)23-19-10-11-19/h6-9,12-15,19H,4-5,10-11,16H2,1-3H3,(H,23,26). The van der Waals surface area contributed by atoms with Gasteiger partial charge in [-0.15, -0.1) is 0 Å². The Hall–Kier alpha value is -2.27. The van der Waals surface area contributed by atoms with E-state index in [2.05, 4.69) is 5.32 Å². The van der Waals surface area contributed by atoms with Gasteiger partial charge in [0.05, 0.1) is 9.79 Å². The van der Waals surface area contributed by atoms with Crippen LogP contribution in [0.4, 0.5) is 0 Å². The maximum Gasteiger partial charge on any atom is 0.251 e. The third-order valence-corrected chi connectivity index (χ3v) is 9.29. The van der Waals surface area contributed by atoms with Crippen molar-refractivity contribution >= 4 is 26.0 Å². The fourth-order valence-corrected chi connectivity index (χ4v) is 5.89. The zero-order valence-corrected chi connectivity index (χ0v) is 20.1. The van der Waals surface area contributed by atoms with E-state index < -0.39 is 20.0 Å². The summed E-state index contributed by atoms with van der Waals surface area (Å²) in [5.41, 5.74) is 1.27. The van der Waals surface area contributed by atoms with Gasteiger partial charge in [-0.1, -0.05) is 26.0 Å². The van der Waals surface area contributed by atoms with Crippen LogP contribution in [0.5, 0.6) is 0 Å². The Morgan fingerprint density at radius 3 is 1.84 bits per heavy atom. The Kier molecular flexibility index (Phi) is 7.39. The van der Waals surface area contributed by atoms with Crippen molar-refractivity contribution in [3.05, 3.63) is 59.7 Å². The maximum atomic E-state index is 12.9. The fourth-order valence-electron chi connectivity index (χ4n) is 3.28. The molecule has 0 saturated heterocycles. The second kappa shape index (κ2) is 9.70. The molecule has 8 nitrogen and oxygen atoms in total. The number of nitrogens with one attached hydrogen (secondary N) is 1. The van der Waals surface area contributed by atoms with Crippen LogP contribution in [-0.4, -0.2) is 57.5 Å². The summed E-state index contributed by atoms with van der Waals surface area (Å²) in [5.74, 6) is -0.125. The summed E-state index contributed by atoms with van der Waals surface area (Å²) in [4.78, 5) is 12.2. The normalized spacial score (nSPS) is 14.7. The zero-order chi connectivity index (χ0) is 23.5. The minimum atomic E-state index is -3.82. The highest BCUT2D eigenvalue weighted by Crippen LogP contribution is 2.22. The largest absolute Gasteiger partial charge is 0.349 e. The van der Waals surface area contributed by atoms with Gasteiger partial charge in [0.15, 0.2) is 0 Å². The van der Waals surface area contributed by atoms with Crippen LogP contribution in [0, 0.1) is 0 Å². The van der Waals surface area contributed by atoms with E-state index in [1.54, 1.807) is 38.1 Å². The van der Waals surface area contributed by atoms with Gasteiger partial charge in [0.25, 0.3) is 5.91 Å². The second-order valence-corrected chi connectivity index (χ2v) is 11.7. The molecule has 1 aliphatic carbocycles. The number of carbonyl (C=O) groups is 1. The summed E-state index contributed by atoms with van der Waals surface area (Å²) >= 11 is 0. The highest BCUT2D eigenvalue weighted by Gasteiger charge is 2.26. The van der Waals surface area contributed by atoms with Gasteiger partial charge in [-0.2, -0.15) is 8.61 Å². The average Bonchev–Trinajstić information content (AvgIpc) is 3.59. The van der Waals surface area contributed by atoms with E-state index in [1.165, 1.54) is 39.9 Å². The molecule has 174 valence electrons. The Balaban J connectivity index is 1.71. The number of hydrogen-bond donors (Lipinski definition) is 1. The highest BCUT2D eigenvalue weighted by atomic mass is 32.2. The maximum absolute atomic E-state index is 12.9. The molecule has 0 aliphatic heterocycles. The first-order chi connectivity index (χ1) is 15.1. The molecule has 1 amide bonds. The Labute approximate surface area is 190 Å². The molecule has 32 heavy (non-hydrogen) atoms. The Morgan fingerprint density at radius 2 is 1.38 bits per heavy atom. The van der Waals surface area contributed by atoms with E-state index in [4.69, 9.17) is 0 Å². The lowest BCUT2D eigenvalue weighted by molar-refractivity contribution is 0.0951. The number of rotatable bonds is 10. The number of benzene rings is 2. The first-order valence-corrected chi connectivity index (χ1v) is 13.4. The first-order valence-electron chi connectivity index (χ1n) is 10.6. The predicted octanol–water partition coefficient (Wildman–Crippen LogP) is 2.43. The quantitative estimate of drug-likeness (QED) is 0.564. The van der Waals surface area contributed by atoms with Gasteiger partial charge >= 0.3 is 0 Å².